The summed E-state index contributed by atoms with van der Waals surface area (Å²) >= 11 is 0. The molecule has 0 N–H and O–H groups in total. The van der Waals surface area contributed by atoms with E-state index in [1.165, 1.54) is 11.1 Å². The van der Waals surface area contributed by atoms with E-state index in [1.807, 2.05) is 0 Å². The van der Waals surface area contributed by atoms with Crippen LogP contribution in [0.4, 0.5) is 0 Å². The number of epoxide rings is 1. The van der Waals surface area contributed by atoms with Crippen LogP contribution in [0, 0.1) is 11.3 Å². The average Bonchev–Trinajstić information content (AvgIpc) is 3.39. The van der Waals surface area contributed by atoms with E-state index in [4.69, 9.17) is 9.47 Å². The van der Waals surface area contributed by atoms with Crippen LogP contribution in [0.1, 0.15) is 72.1 Å². The van der Waals surface area contributed by atoms with Crippen LogP contribution >= 0.6 is 0 Å². The molecule has 0 bridgehead atoms. The van der Waals surface area contributed by atoms with E-state index >= 15 is 0 Å². The fraction of sp³-hybridized carbons (Fsp3) is 0.762. The number of allylic oxidation sites excluding steroid dienone is 3. The van der Waals surface area contributed by atoms with Crippen LogP contribution < -0.4 is 0 Å². The highest BCUT2D eigenvalue weighted by atomic mass is 16.6. The zero-order chi connectivity index (χ0) is 16.9. The third kappa shape index (κ3) is 2.85. The van der Waals surface area contributed by atoms with Crippen molar-refractivity contribution in [1.82, 2.24) is 0 Å². The van der Waals surface area contributed by atoms with Crippen LogP contribution in [-0.4, -0.2) is 23.8 Å². The van der Waals surface area contributed by atoms with E-state index in [0.717, 1.165) is 51.4 Å². The highest BCUT2D eigenvalue weighted by Crippen LogP contribution is 2.62. The maximum Gasteiger partial charge on any atom is 0.312 e. The van der Waals surface area contributed by atoms with Crippen LogP contribution in [0.15, 0.2) is 23.3 Å². The van der Waals surface area contributed by atoms with E-state index < -0.39 is 0 Å². The normalized spacial score (nSPS) is 45.8. The quantitative estimate of drug-likeness (QED) is 0.367. The second-order valence-corrected chi connectivity index (χ2v) is 8.74. The smallest absolute Gasteiger partial charge is 0.312 e. The molecule has 2 aliphatic heterocycles. The molecule has 2 aliphatic carbocycles. The molecule has 0 radical (unpaired) electrons. The lowest BCUT2D eigenvalue weighted by molar-refractivity contribution is -0.145. The molecule has 2 saturated heterocycles. The molecule has 4 unspecified atom stereocenters. The van der Waals surface area contributed by atoms with Gasteiger partial charge in [0.1, 0.15) is 6.10 Å². The van der Waals surface area contributed by atoms with Crippen molar-refractivity contribution in [1.29, 1.82) is 0 Å². The van der Waals surface area contributed by atoms with Crippen molar-refractivity contribution in [2.45, 2.75) is 89.9 Å². The summed E-state index contributed by atoms with van der Waals surface area (Å²) in [5, 5.41) is 0. The van der Waals surface area contributed by atoms with Gasteiger partial charge in [-0.3, -0.25) is 4.79 Å². The molecule has 132 valence electrons. The van der Waals surface area contributed by atoms with Gasteiger partial charge in [-0.05, 0) is 65.7 Å². The predicted molar refractivity (Wildman–Crippen MR) is 93.5 cm³/mol. The van der Waals surface area contributed by atoms with Crippen molar-refractivity contribution < 1.29 is 14.3 Å². The molecule has 24 heavy (non-hydrogen) atoms. The Morgan fingerprint density at radius 1 is 1.08 bits per heavy atom. The molecule has 3 nitrogen and oxygen atoms in total. The number of carbonyl (C=O) groups excluding carboxylic acids is 1. The summed E-state index contributed by atoms with van der Waals surface area (Å²) in [5.41, 5.74) is 2.68. The number of esters is 1. The zero-order valence-electron chi connectivity index (χ0n) is 15.3. The fourth-order valence-corrected chi connectivity index (χ4v) is 4.81. The van der Waals surface area contributed by atoms with E-state index in [2.05, 4.69) is 32.9 Å². The number of ether oxygens (including phenoxy) is 2. The molecule has 0 aromatic rings. The topological polar surface area (TPSA) is 38.8 Å². The molecule has 4 rings (SSSR count). The lowest BCUT2D eigenvalue weighted by Gasteiger charge is -2.21. The van der Waals surface area contributed by atoms with Crippen molar-refractivity contribution in [2.75, 3.05) is 0 Å². The van der Waals surface area contributed by atoms with Crippen molar-refractivity contribution in [3.63, 3.8) is 0 Å². The second-order valence-electron chi connectivity index (χ2n) is 8.74. The number of rotatable bonds is 0. The molecule has 3 heteroatoms. The van der Waals surface area contributed by atoms with Crippen LogP contribution in [0.2, 0.25) is 0 Å². The minimum atomic E-state index is -0.161. The molecule has 1 spiro atoms. The molecule has 0 amide bonds. The Morgan fingerprint density at radius 3 is 2.58 bits per heavy atom. The van der Waals surface area contributed by atoms with Crippen LogP contribution in [0.3, 0.4) is 0 Å². The lowest BCUT2D eigenvalue weighted by Crippen LogP contribution is -2.26. The van der Waals surface area contributed by atoms with E-state index in [-0.39, 0.29) is 23.1 Å². The number of hydrogen-bond acceptors (Lipinski definition) is 3. The molecule has 3 fully saturated rings. The lowest BCUT2D eigenvalue weighted by atomic mass is 9.79. The first-order valence-electron chi connectivity index (χ1n) is 9.63. The highest BCUT2D eigenvalue weighted by Gasteiger charge is 2.66. The Hall–Kier alpha value is -1.09. The summed E-state index contributed by atoms with van der Waals surface area (Å²) in [6.45, 7) is 6.66. The maximum absolute atomic E-state index is 12.4. The van der Waals surface area contributed by atoms with Gasteiger partial charge in [-0.25, -0.2) is 0 Å². The monoisotopic (exact) mass is 330 g/mol. The fourth-order valence-electron chi connectivity index (χ4n) is 4.81. The Labute approximate surface area is 145 Å². The van der Waals surface area contributed by atoms with Gasteiger partial charge >= 0.3 is 5.97 Å². The zero-order valence-corrected chi connectivity index (χ0v) is 15.3. The van der Waals surface area contributed by atoms with Crippen molar-refractivity contribution >= 4 is 5.97 Å². The van der Waals surface area contributed by atoms with Gasteiger partial charge in [0.2, 0.25) is 0 Å². The van der Waals surface area contributed by atoms with Gasteiger partial charge in [-0.1, -0.05) is 23.3 Å². The SMILES string of the molecule is C/C1=C/CCC2(C)OC2CC2C(C/C(C)=C\CC1)OC(=O)C21CC1. The molecule has 4 aliphatic rings. The number of carbonyl (C=O) groups is 1. The average molecular weight is 330 g/mol. The summed E-state index contributed by atoms with van der Waals surface area (Å²) in [5.74, 6) is 0.412. The van der Waals surface area contributed by atoms with Gasteiger partial charge in [-0.2, -0.15) is 0 Å². The summed E-state index contributed by atoms with van der Waals surface area (Å²) in [7, 11) is 0. The summed E-state index contributed by atoms with van der Waals surface area (Å²) in [4.78, 5) is 12.4. The Morgan fingerprint density at radius 2 is 1.83 bits per heavy atom. The first-order chi connectivity index (χ1) is 11.4. The molecular formula is C21H30O3. The third-order valence-corrected chi connectivity index (χ3v) is 6.80. The molecule has 2 heterocycles. The second kappa shape index (κ2) is 5.72. The van der Waals surface area contributed by atoms with Crippen LogP contribution in [0.5, 0.6) is 0 Å². The van der Waals surface area contributed by atoms with Crippen LogP contribution in [0.25, 0.3) is 0 Å². The molecule has 0 aromatic carbocycles. The highest BCUT2D eigenvalue weighted by molar-refractivity contribution is 5.82. The van der Waals surface area contributed by atoms with Gasteiger partial charge in [0.15, 0.2) is 0 Å². The first-order valence-corrected chi connectivity index (χ1v) is 9.63. The van der Waals surface area contributed by atoms with Crippen molar-refractivity contribution in [2.24, 2.45) is 11.3 Å². The van der Waals surface area contributed by atoms with Crippen LogP contribution in [-0.2, 0) is 14.3 Å². The van der Waals surface area contributed by atoms with E-state index in [9.17, 15) is 4.79 Å². The largest absolute Gasteiger partial charge is 0.461 e. The van der Waals surface area contributed by atoms with Gasteiger partial charge in [-0.15, -0.1) is 0 Å². The number of fused-ring (bicyclic) bond motifs is 3. The minimum Gasteiger partial charge on any atom is -0.461 e. The molecular weight excluding hydrogens is 300 g/mol. The van der Waals surface area contributed by atoms with E-state index in [0.29, 0.717) is 12.0 Å². The summed E-state index contributed by atoms with van der Waals surface area (Å²) in [6.07, 6.45) is 13.4. The van der Waals surface area contributed by atoms with Gasteiger partial charge in [0, 0.05) is 12.3 Å². The van der Waals surface area contributed by atoms with Crippen molar-refractivity contribution in [3.8, 4) is 0 Å². The molecule has 1 saturated carbocycles. The minimum absolute atomic E-state index is 0.0120. The van der Waals surface area contributed by atoms with Gasteiger partial charge in [0.05, 0.1) is 17.1 Å². The van der Waals surface area contributed by atoms with Gasteiger partial charge in [0.25, 0.3) is 0 Å². The molecule has 0 aromatic heterocycles. The summed E-state index contributed by atoms with van der Waals surface area (Å²) < 4.78 is 11.9. The molecule has 4 atom stereocenters. The maximum atomic E-state index is 12.4. The summed E-state index contributed by atoms with van der Waals surface area (Å²) in [6, 6.07) is 0. The third-order valence-electron chi connectivity index (χ3n) is 6.80. The Kier molecular flexibility index (Phi) is 3.91. The van der Waals surface area contributed by atoms with E-state index in [1.54, 1.807) is 0 Å². The van der Waals surface area contributed by atoms with Crippen molar-refractivity contribution in [3.05, 3.63) is 23.3 Å². The Bertz CT molecular complexity index is 598. The first kappa shape index (κ1) is 16.4. The van der Waals surface area contributed by atoms with Gasteiger partial charge < -0.3 is 9.47 Å². The predicted octanol–water partition coefficient (Wildman–Crippen LogP) is 4.71. The standard InChI is InChI=1S/C21H30O3/c1-14-6-4-7-15(2)12-17-16(21(10-11-21)19(22)23-17)13-18-20(3,24-18)9-5-8-14/h7-8,16-18H,4-6,9-13H2,1-3H3/b14-8-,15-7-. The Balaban J connectivity index is 1.56. The number of hydrogen-bond donors (Lipinski definition) is 0.